The van der Waals surface area contributed by atoms with E-state index in [0.29, 0.717) is 0 Å². The van der Waals surface area contributed by atoms with E-state index in [2.05, 4.69) is 10.0 Å². The van der Waals surface area contributed by atoms with Crippen molar-refractivity contribution < 1.29 is 13.3 Å². The highest BCUT2D eigenvalue weighted by molar-refractivity contribution is 7.89. The van der Waals surface area contributed by atoms with Crippen LogP contribution in [0.3, 0.4) is 0 Å². The number of rotatable bonds is 6. The third-order valence-corrected chi connectivity index (χ3v) is 4.67. The highest BCUT2D eigenvalue weighted by atomic mass is 35.5. The topological polar surface area (TPSA) is 101 Å². The molecule has 0 amide bonds. The summed E-state index contributed by atoms with van der Waals surface area (Å²) in [6.07, 6.45) is 0. The van der Waals surface area contributed by atoms with Gasteiger partial charge in [0.05, 0.1) is 14.8 Å². The molecule has 0 aliphatic heterocycles. The normalized spacial score (nSPS) is 12.6. The monoisotopic (exact) mass is 357 g/mol. The van der Waals surface area contributed by atoms with Gasteiger partial charge in [-0.1, -0.05) is 11.6 Å². The Balaban J connectivity index is 0.00000400. The minimum Gasteiger partial charge on any atom is -0.316 e. The maximum Gasteiger partial charge on any atom is 0.275 e. The molecule has 0 saturated carbocycles. The van der Waals surface area contributed by atoms with Crippen LogP contribution in [-0.4, -0.2) is 33.0 Å². The van der Waals surface area contributed by atoms with E-state index in [9.17, 15) is 18.5 Å². The minimum atomic E-state index is -3.84. The molecule has 1 aromatic rings. The molecule has 10 heteroatoms. The van der Waals surface area contributed by atoms with Crippen LogP contribution >= 0.6 is 24.0 Å². The van der Waals surface area contributed by atoms with Crippen LogP contribution < -0.4 is 10.0 Å². The molecular formula is C11H17Cl2N3O4S. The smallest absolute Gasteiger partial charge is 0.275 e. The molecule has 7 nitrogen and oxygen atoms in total. The predicted molar refractivity (Wildman–Crippen MR) is 83.8 cm³/mol. The number of sulfonamides is 1. The molecule has 0 aliphatic carbocycles. The third kappa shape index (κ3) is 5.08. The molecule has 0 heterocycles. The molecule has 0 aliphatic rings. The fourth-order valence-corrected chi connectivity index (χ4v) is 2.86. The molecule has 1 aromatic carbocycles. The molecule has 21 heavy (non-hydrogen) atoms. The molecule has 1 unspecified atom stereocenters. The van der Waals surface area contributed by atoms with Crippen molar-refractivity contribution in [1.29, 1.82) is 0 Å². The molecule has 2 N–H and O–H groups in total. The molecular weight excluding hydrogens is 341 g/mol. The Morgan fingerprint density at radius 2 is 2.00 bits per heavy atom. The van der Waals surface area contributed by atoms with Crippen LogP contribution in [0.4, 0.5) is 5.69 Å². The van der Waals surface area contributed by atoms with Crippen LogP contribution in [0.1, 0.15) is 12.5 Å². The van der Waals surface area contributed by atoms with Crippen LogP contribution in [-0.2, 0) is 10.0 Å². The van der Waals surface area contributed by atoms with Crippen LogP contribution in [0, 0.1) is 17.0 Å². The maximum atomic E-state index is 12.1. The lowest BCUT2D eigenvalue weighted by molar-refractivity contribution is -0.385. The number of hydrogen-bond acceptors (Lipinski definition) is 5. The Kier molecular flexibility index (Phi) is 7.55. The summed E-state index contributed by atoms with van der Waals surface area (Å²) >= 11 is 5.85. The third-order valence-electron chi connectivity index (χ3n) is 2.87. The lowest BCUT2D eigenvalue weighted by Crippen LogP contribution is -2.37. The van der Waals surface area contributed by atoms with E-state index in [1.54, 1.807) is 14.0 Å². The molecule has 0 fully saturated rings. The van der Waals surface area contributed by atoms with Gasteiger partial charge >= 0.3 is 0 Å². The quantitative estimate of drug-likeness (QED) is 0.597. The van der Waals surface area contributed by atoms with Crippen LogP contribution in [0.15, 0.2) is 17.0 Å². The number of halogens is 2. The second-order valence-electron chi connectivity index (χ2n) is 4.35. The van der Waals surface area contributed by atoms with Gasteiger partial charge in [0.2, 0.25) is 10.0 Å². The van der Waals surface area contributed by atoms with Gasteiger partial charge in [-0.2, -0.15) is 0 Å². The molecule has 0 bridgehead atoms. The Bertz CT molecular complexity index is 622. The average Bonchev–Trinajstić information content (AvgIpc) is 2.38. The number of benzene rings is 1. The van der Waals surface area contributed by atoms with Crippen molar-refractivity contribution in [3.63, 3.8) is 0 Å². The standard InChI is InChI=1S/C11H16ClN3O4S.ClH/c1-7(13-3)6-14-20(18,19)9-4-10(12)8(2)11(5-9)15(16)17;/h4-5,7,13-14H,6H2,1-3H3;1H. The Hall–Kier alpha value is -0.930. The van der Waals surface area contributed by atoms with E-state index in [4.69, 9.17) is 11.6 Å². The van der Waals surface area contributed by atoms with E-state index < -0.39 is 14.9 Å². The van der Waals surface area contributed by atoms with Gasteiger partial charge in [0.1, 0.15) is 0 Å². The Labute approximate surface area is 134 Å². The highest BCUT2D eigenvalue weighted by Gasteiger charge is 2.22. The van der Waals surface area contributed by atoms with Gasteiger partial charge in [-0.3, -0.25) is 10.1 Å². The summed E-state index contributed by atoms with van der Waals surface area (Å²) in [4.78, 5) is 10.0. The summed E-state index contributed by atoms with van der Waals surface area (Å²) in [6, 6.07) is 2.14. The van der Waals surface area contributed by atoms with Gasteiger partial charge in [0, 0.05) is 24.2 Å². The molecule has 0 aromatic heterocycles. The zero-order chi connectivity index (χ0) is 15.5. The van der Waals surface area contributed by atoms with Crippen molar-refractivity contribution in [3.05, 3.63) is 32.8 Å². The lowest BCUT2D eigenvalue weighted by Gasteiger charge is -2.12. The Morgan fingerprint density at radius 3 is 2.48 bits per heavy atom. The van der Waals surface area contributed by atoms with Crippen LogP contribution in [0.25, 0.3) is 0 Å². The SMILES string of the molecule is CNC(C)CNS(=O)(=O)c1cc(Cl)c(C)c([N+](=O)[O-])c1.Cl. The van der Waals surface area contributed by atoms with Gasteiger partial charge in [-0.25, -0.2) is 13.1 Å². The molecule has 0 saturated heterocycles. The number of hydrogen-bond donors (Lipinski definition) is 2. The van der Waals surface area contributed by atoms with Crippen LogP contribution in [0.2, 0.25) is 5.02 Å². The summed E-state index contributed by atoms with van der Waals surface area (Å²) in [5.41, 5.74) is -0.0845. The van der Waals surface area contributed by atoms with Crippen molar-refractivity contribution in [1.82, 2.24) is 10.0 Å². The first kappa shape index (κ1) is 20.1. The van der Waals surface area contributed by atoms with Crippen LogP contribution in [0.5, 0.6) is 0 Å². The number of nitrogens with one attached hydrogen (secondary N) is 2. The molecule has 0 radical (unpaired) electrons. The summed E-state index contributed by atoms with van der Waals surface area (Å²) in [5.74, 6) is 0. The van der Waals surface area contributed by atoms with Gasteiger partial charge in [0.25, 0.3) is 5.69 Å². The highest BCUT2D eigenvalue weighted by Crippen LogP contribution is 2.29. The van der Waals surface area contributed by atoms with Crippen molar-refractivity contribution >= 4 is 39.7 Å². The minimum absolute atomic E-state index is 0. The maximum absolute atomic E-state index is 12.1. The largest absolute Gasteiger partial charge is 0.316 e. The average molecular weight is 358 g/mol. The molecule has 1 atom stereocenters. The Morgan fingerprint density at radius 1 is 1.43 bits per heavy atom. The first-order chi connectivity index (χ1) is 9.19. The van der Waals surface area contributed by atoms with Crippen molar-refractivity contribution in [2.75, 3.05) is 13.6 Å². The molecule has 120 valence electrons. The number of nitro groups is 1. The van der Waals surface area contributed by atoms with E-state index in [1.165, 1.54) is 13.0 Å². The second kappa shape index (κ2) is 7.90. The summed E-state index contributed by atoms with van der Waals surface area (Å²) in [7, 11) is -2.14. The zero-order valence-electron chi connectivity index (χ0n) is 11.7. The summed E-state index contributed by atoms with van der Waals surface area (Å²) < 4.78 is 26.5. The first-order valence-corrected chi connectivity index (χ1v) is 7.66. The fourth-order valence-electron chi connectivity index (χ4n) is 1.41. The van der Waals surface area contributed by atoms with E-state index in [-0.39, 0.29) is 46.2 Å². The lowest BCUT2D eigenvalue weighted by atomic mass is 10.2. The van der Waals surface area contributed by atoms with Crippen molar-refractivity contribution in [3.8, 4) is 0 Å². The molecule has 1 rings (SSSR count). The number of nitro benzene ring substituents is 1. The van der Waals surface area contributed by atoms with Crippen molar-refractivity contribution in [2.45, 2.75) is 24.8 Å². The first-order valence-electron chi connectivity index (χ1n) is 5.80. The van der Waals surface area contributed by atoms with E-state index in [1.807, 2.05) is 0 Å². The zero-order valence-corrected chi connectivity index (χ0v) is 14.1. The summed E-state index contributed by atoms with van der Waals surface area (Å²) in [6.45, 7) is 3.43. The van der Waals surface area contributed by atoms with Crippen molar-refractivity contribution in [2.24, 2.45) is 0 Å². The van der Waals surface area contributed by atoms with E-state index in [0.717, 1.165) is 6.07 Å². The van der Waals surface area contributed by atoms with Gasteiger partial charge in [-0.15, -0.1) is 12.4 Å². The van der Waals surface area contributed by atoms with Gasteiger partial charge < -0.3 is 5.32 Å². The van der Waals surface area contributed by atoms with Gasteiger partial charge in [-0.05, 0) is 27.0 Å². The predicted octanol–water partition coefficient (Wildman–Crippen LogP) is 1.86. The summed E-state index contributed by atoms with van der Waals surface area (Å²) in [5, 5.41) is 13.8. The second-order valence-corrected chi connectivity index (χ2v) is 6.52. The number of nitrogens with zero attached hydrogens (tertiary/aromatic N) is 1. The number of likely N-dealkylation sites (N-methyl/N-ethyl adjacent to an activating group) is 1. The fraction of sp³-hybridized carbons (Fsp3) is 0.455. The molecule has 0 spiro atoms. The van der Waals surface area contributed by atoms with Gasteiger partial charge in [0.15, 0.2) is 0 Å². The van der Waals surface area contributed by atoms with E-state index >= 15 is 0 Å².